The Labute approximate surface area is 62.5 Å². The van der Waals surface area contributed by atoms with Crippen LogP contribution in [0.4, 0.5) is 0 Å². The lowest BCUT2D eigenvalue weighted by Gasteiger charge is -1.98. The van der Waals surface area contributed by atoms with Crippen molar-refractivity contribution in [3.05, 3.63) is 0 Å². The Balaban J connectivity index is 2.50. The highest BCUT2D eigenvalue weighted by atomic mass is 16.5. The number of rotatable bonds is 2. The average molecular weight is 142 g/mol. The Morgan fingerprint density at radius 2 is 2.30 bits per heavy atom. The SMILES string of the molecule is CCOC1=[N+](CC)CCC1. The normalized spacial score (nSPS) is 18.2. The Kier molecular flexibility index (Phi) is 2.72. The van der Waals surface area contributed by atoms with Crippen LogP contribution in [0.25, 0.3) is 0 Å². The van der Waals surface area contributed by atoms with Gasteiger partial charge in [-0.2, -0.15) is 0 Å². The number of hydrogen-bond acceptors (Lipinski definition) is 1. The fourth-order valence-corrected chi connectivity index (χ4v) is 1.37. The van der Waals surface area contributed by atoms with Crippen molar-refractivity contribution >= 4 is 5.90 Å². The van der Waals surface area contributed by atoms with Gasteiger partial charge in [0.25, 0.3) is 0 Å². The molecule has 0 N–H and O–H groups in total. The zero-order valence-electron chi connectivity index (χ0n) is 6.89. The van der Waals surface area contributed by atoms with E-state index in [0.29, 0.717) is 0 Å². The summed E-state index contributed by atoms with van der Waals surface area (Å²) in [5, 5.41) is 0. The van der Waals surface area contributed by atoms with Gasteiger partial charge in [-0.25, -0.2) is 4.58 Å². The Hall–Kier alpha value is -0.530. The summed E-state index contributed by atoms with van der Waals surface area (Å²) in [6.07, 6.45) is 2.41. The van der Waals surface area contributed by atoms with Gasteiger partial charge in [-0.1, -0.05) is 0 Å². The molecule has 0 radical (unpaired) electrons. The van der Waals surface area contributed by atoms with Gasteiger partial charge in [0.2, 0.25) is 0 Å². The van der Waals surface area contributed by atoms with Crippen LogP contribution < -0.4 is 0 Å². The molecule has 0 aromatic rings. The molecule has 0 amide bonds. The van der Waals surface area contributed by atoms with Crippen LogP contribution in [-0.4, -0.2) is 30.2 Å². The maximum Gasteiger partial charge on any atom is 0.336 e. The van der Waals surface area contributed by atoms with E-state index in [1.54, 1.807) is 0 Å². The Morgan fingerprint density at radius 1 is 1.50 bits per heavy atom. The van der Waals surface area contributed by atoms with E-state index < -0.39 is 0 Å². The fourth-order valence-electron chi connectivity index (χ4n) is 1.37. The minimum Gasteiger partial charge on any atom is -0.448 e. The van der Waals surface area contributed by atoms with Crippen molar-refractivity contribution < 1.29 is 9.31 Å². The first-order valence-electron chi connectivity index (χ1n) is 4.12. The third kappa shape index (κ3) is 1.49. The highest BCUT2D eigenvalue weighted by molar-refractivity contribution is 5.71. The first-order valence-corrected chi connectivity index (χ1v) is 4.12. The lowest BCUT2D eigenvalue weighted by Crippen LogP contribution is -2.17. The summed E-state index contributed by atoms with van der Waals surface area (Å²) in [6, 6.07) is 0. The maximum atomic E-state index is 5.45. The molecule has 0 aliphatic carbocycles. The quantitative estimate of drug-likeness (QED) is 0.528. The molecule has 0 spiro atoms. The second-order valence-electron chi connectivity index (χ2n) is 2.51. The van der Waals surface area contributed by atoms with Crippen LogP contribution in [0.2, 0.25) is 0 Å². The molecule has 2 heteroatoms. The van der Waals surface area contributed by atoms with Gasteiger partial charge < -0.3 is 4.74 Å². The minimum atomic E-state index is 0.811. The van der Waals surface area contributed by atoms with Crippen molar-refractivity contribution in [2.45, 2.75) is 26.7 Å². The zero-order valence-corrected chi connectivity index (χ0v) is 6.89. The molecule has 0 aromatic carbocycles. The molecule has 0 atom stereocenters. The smallest absolute Gasteiger partial charge is 0.336 e. The van der Waals surface area contributed by atoms with Gasteiger partial charge in [0.1, 0.15) is 13.1 Å². The predicted molar refractivity (Wildman–Crippen MR) is 41.5 cm³/mol. The van der Waals surface area contributed by atoms with Crippen LogP contribution in [-0.2, 0) is 4.74 Å². The fraction of sp³-hybridized carbons (Fsp3) is 0.875. The van der Waals surface area contributed by atoms with Gasteiger partial charge in [-0.05, 0) is 13.8 Å². The lowest BCUT2D eigenvalue weighted by atomic mass is 10.4. The van der Waals surface area contributed by atoms with E-state index in [0.717, 1.165) is 19.6 Å². The molecule has 0 aromatic heterocycles. The summed E-state index contributed by atoms with van der Waals surface area (Å²) >= 11 is 0. The van der Waals surface area contributed by atoms with E-state index in [9.17, 15) is 0 Å². The van der Waals surface area contributed by atoms with E-state index in [-0.39, 0.29) is 0 Å². The van der Waals surface area contributed by atoms with Crippen molar-refractivity contribution in [2.75, 3.05) is 19.7 Å². The number of nitrogens with zero attached hydrogens (tertiary/aromatic N) is 1. The molecule has 0 saturated heterocycles. The van der Waals surface area contributed by atoms with Crippen molar-refractivity contribution in [1.29, 1.82) is 0 Å². The molecule has 1 aliphatic heterocycles. The van der Waals surface area contributed by atoms with E-state index >= 15 is 0 Å². The van der Waals surface area contributed by atoms with Crippen molar-refractivity contribution in [3.63, 3.8) is 0 Å². The molecule has 2 nitrogen and oxygen atoms in total. The highest BCUT2D eigenvalue weighted by Crippen LogP contribution is 2.04. The molecule has 1 aliphatic rings. The van der Waals surface area contributed by atoms with Crippen molar-refractivity contribution in [2.24, 2.45) is 0 Å². The third-order valence-electron chi connectivity index (χ3n) is 1.86. The van der Waals surface area contributed by atoms with Gasteiger partial charge >= 0.3 is 5.90 Å². The van der Waals surface area contributed by atoms with Crippen LogP contribution in [0.15, 0.2) is 0 Å². The second kappa shape index (κ2) is 3.59. The van der Waals surface area contributed by atoms with Crippen molar-refractivity contribution in [1.82, 2.24) is 0 Å². The molecule has 0 bridgehead atoms. The molecule has 1 heterocycles. The van der Waals surface area contributed by atoms with Gasteiger partial charge in [-0.15, -0.1) is 0 Å². The summed E-state index contributed by atoms with van der Waals surface area (Å²) < 4.78 is 7.76. The summed E-state index contributed by atoms with van der Waals surface area (Å²) in [6.45, 7) is 7.30. The predicted octanol–water partition coefficient (Wildman–Crippen LogP) is 1.25. The maximum absolute atomic E-state index is 5.45. The summed E-state index contributed by atoms with van der Waals surface area (Å²) in [5.41, 5.74) is 0. The number of ether oxygens (including phenoxy) is 1. The van der Waals surface area contributed by atoms with Gasteiger partial charge in [0, 0.05) is 6.42 Å². The molecule has 0 unspecified atom stereocenters. The topological polar surface area (TPSA) is 12.2 Å². The van der Waals surface area contributed by atoms with E-state index in [2.05, 4.69) is 11.5 Å². The zero-order chi connectivity index (χ0) is 7.40. The van der Waals surface area contributed by atoms with E-state index in [1.807, 2.05) is 6.92 Å². The van der Waals surface area contributed by atoms with E-state index in [4.69, 9.17) is 4.74 Å². The monoisotopic (exact) mass is 142 g/mol. The standard InChI is InChI=1S/C8H16NO/c1-3-9-7-5-6-8(9)10-4-2/h3-7H2,1-2H3/q+1. The number of hydrogen-bond donors (Lipinski definition) is 0. The summed E-state index contributed by atoms with van der Waals surface area (Å²) in [5.74, 6) is 1.20. The summed E-state index contributed by atoms with van der Waals surface area (Å²) in [4.78, 5) is 0. The first kappa shape index (κ1) is 7.58. The molecular formula is C8H16NO+. The van der Waals surface area contributed by atoms with Crippen LogP contribution in [0.3, 0.4) is 0 Å². The second-order valence-corrected chi connectivity index (χ2v) is 2.51. The highest BCUT2D eigenvalue weighted by Gasteiger charge is 2.21. The summed E-state index contributed by atoms with van der Waals surface area (Å²) in [7, 11) is 0. The molecule has 58 valence electrons. The van der Waals surface area contributed by atoms with E-state index in [1.165, 1.54) is 18.9 Å². The molecule has 0 fully saturated rings. The minimum absolute atomic E-state index is 0.811. The van der Waals surface area contributed by atoms with Gasteiger partial charge in [0.15, 0.2) is 0 Å². The molecule has 1 rings (SSSR count). The van der Waals surface area contributed by atoms with Crippen LogP contribution >= 0.6 is 0 Å². The van der Waals surface area contributed by atoms with Crippen LogP contribution in [0.1, 0.15) is 26.7 Å². The average Bonchev–Trinajstić information content (AvgIpc) is 2.36. The molecule has 0 saturated carbocycles. The Morgan fingerprint density at radius 3 is 2.90 bits per heavy atom. The largest absolute Gasteiger partial charge is 0.448 e. The molecule has 10 heavy (non-hydrogen) atoms. The van der Waals surface area contributed by atoms with Crippen LogP contribution in [0.5, 0.6) is 0 Å². The van der Waals surface area contributed by atoms with Gasteiger partial charge in [0.05, 0.1) is 13.0 Å². The lowest BCUT2D eigenvalue weighted by molar-refractivity contribution is -0.524. The van der Waals surface area contributed by atoms with Gasteiger partial charge in [-0.3, -0.25) is 0 Å². The first-order chi connectivity index (χ1) is 4.88. The molecular weight excluding hydrogens is 126 g/mol. The Bertz CT molecular complexity index is 140. The van der Waals surface area contributed by atoms with Crippen LogP contribution in [0, 0.1) is 0 Å². The van der Waals surface area contributed by atoms with Crippen molar-refractivity contribution in [3.8, 4) is 0 Å². The third-order valence-corrected chi connectivity index (χ3v) is 1.86.